The fourth-order valence-corrected chi connectivity index (χ4v) is 2.46. The zero-order chi connectivity index (χ0) is 15.2. The number of ether oxygens (including phenoxy) is 1. The molecule has 2 rings (SSSR count). The van der Waals surface area contributed by atoms with E-state index >= 15 is 0 Å². The molecule has 1 aromatic heterocycles. The predicted molar refractivity (Wildman–Crippen MR) is 88.5 cm³/mol. The minimum atomic E-state index is 0. The number of aromatic amines is 1. The average molecular weight is 331 g/mol. The monoisotopic (exact) mass is 330 g/mol. The molecule has 0 atom stereocenters. The summed E-state index contributed by atoms with van der Waals surface area (Å²) in [5.74, 6) is 0.360. The second kappa shape index (κ2) is 9.12. The van der Waals surface area contributed by atoms with Crippen LogP contribution in [-0.2, 0) is 4.74 Å². The van der Waals surface area contributed by atoms with Crippen molar-refractivity contribution in [2.24, 2.45) is 5.73 Å². The fourth-order valence-electron chi connectivity index (χ4n) is 2.46. The number of H-pyrrole nitrogens is 1. The van der Waals surface area contributed by atoms with Crippen molar-refractivity contribution >= 4 is 18.3 Å². The number of amides is 1. The van der Waals surface area contributed by atoms with Crippen LogP contribution in [0.4, 0.5) is 0 Å². The van der Waals surface area contributed by atoms with Crippen LogP contribution in [0.15, 0.2) is 6.07 Å². The van der Waals surface area contributed by atoms with Gasteiger partial charge in [-0.1, -0.05) is 13.8 Å². The van der Waals surface area contributed by atoms with Gasteiger partial charge in [0.15, 0.2) is 0 Å². The van der Waals surface area contributed by atoms with Gasteiger partial charge < -0.3 is 15.4 Å². The molecule has 0 radical (unpaired) electrons. The Balaban J connectivity index is 0.00000242. The highest BCUT2D eigenvalue weighted by Crippen LogP contribution is 2.18. The predicted octanol–water partition coefficient (Wildman–Crippen LogP) is 1.92. The van der Waals surface area contributed by atoms with Gasteiger partial charge in [-0.25, -0.2) is 0 Å². The number of nitrogens with two attached hydrogens (primary N) is 1. The smallest absolute Gasteiger partial charge is 0.274 e. The zero-order valence-corrected chi connectivity index (χ0v) is 14.2. The van der Waals surface area contributed by atoms with Crippen LogP contribution in [0.3, 0.4) is 0 Å². The third kappa shape index (κ3) is 4.97. The first kappa shape index (κ1) is 18.9. The Bertz CT molecular complexity index is 456. The number of carbonyl (C=O) groups is 1. The minimum absolute atomic E-state index is 0. The number of hydrogen-bond donors (Lipinski definition) is 2. The van der Waals surface area contributed by atoms with Gasteiger partial charge in [0.05, 0.1) is 6.10 Å². The third-order valence-corrected chi connectivity index (χ3v) is 3.87. The fraction of sp³-hybridized carbons (Fsp3) is 0.733. The number of hydrogen-bond acceptors (Lipinski definition) is 4. The maximum absolute atomic E-state index is 12.4. The first-order valence-corrected chi connectivity index (χ1v) is 7.78. The number of aromatic nitrogens is 2. The van der Waals surface area contributed by atoms with Crippen LogP contribution >= 0.6 is 12.4 Å². The molecule has 22 heavy (non-hydrogen) atoms. The van der Waals surface area contributed by atoms with Crippen molar-refractivity contribution in [2.45, 2.75) is 45.1 Å². The maximum atomic E-state index is 12.4. The van der Waals surface area contributed by atoms with Crippen LogP contribution in [0.2, 0.25) is 0 Å². The number of likely N-dealkylation sites (tertiary alicyclic amines) is 1. The van der Waals surface area contributed by atoms with Crippen LogP contribution in [0, 0.1) is 0 Å². The van der Waals surface area contributed by atoms with E-state index in [1.165, 1.54) is 0 Å². The minimum Gasteiger partial charge on any atom is -0.378 e. The lowest BCUT2D eigenvalue weighted by atomic mass is 10.1. The van der Waals surface area contributed by atoms with Crippen molar-refractivity contribution in [3.05, 3.63) is 17.5 Å². The second-order valence-corrected chi connectivity index (χ2v) is 5.87. The Labute approximate surface area is 138 Å². The molecule has 3 N–H and O–H groups in total. The van der Waals surface area contributed by atoms with Gasteiger partial charge in [0.2, 0.25) is 0 Å². The summed E-state index contributed by atoms with van der Waals surface area (Å²) in [5, 5.41) is 7.07. The van der Waals surface area contributed by atoms with Gasteiger partial charge in [0.25, 0.3) is 5.91 Å². The van der Waals surface area contributed by atoms with Crippen LogP contribution in [-0.4, -0.2) is 53.3 Å². The number of halogens is 1. The summed E-state index contributed by atoms with van der Waals surface area (Å²) in [4.78, 5) is 14.3. The summed E-state index contributed by atoms with van der Waals surface area (Å²) < 4.78 is 5.75. The molecule has 1 fully saturated rings. The first-order valence-electron chi connectivity index (χ1n) is 7.78. The van der Waals surface area contributed by atoms with Gasteiger partial charge in [0.1, 0.15) is 5.69 Å². The summed E-state index contributed by atoms with van der Waals surface area (Å²) in [7, 11) is 0. The highest BCUT2D eigenvalue weighted by Gasteiger charge is 2.25. The van der Waals surface area contributed by atoms with E-state index in [9.17, 15) is 4.79 Å². The largest absolute Gasteiger partial charge is 0.378 e. The Morgan fingerprint density at radius 1 is 1.50 bits per heavy atom. The highest BCUT2D eigenvalue weighted by atomic mass is 35.5. The van der Waals surface area contributed by atoms with E-state index in [4.69, 9.17) is 10.5 Å². The second-order valence-electron chi connectivity index (χ2n) is 5.87. The van der Waals surface area contributed by atoms with Crippen molar-refractivity contribution in [1.82, 2.24) is 15.1 Å². The van der Waals surface area contributed by atoms with Crippen LogP contribution < -0.4 is 5.73 Å². The number of carbonyl (C=O) groups excluding carboxylic acids is 1. The van der Waals surface area contributed by atoms with Crippen LogP contribution in [0.1, 0.15) is 55.2 Å². The van der Waals surface area contributed by atoms with Gasteiger partial charge in [-0.05, 0) is 37.8 Å². The molecule has 1 aliphatic rings. The molecule has 1 aromatic rings. The standard InChI is InChI=1S/C15H26N4O2.ClH/c1-11(2)13-10-14(18-17-13)15(20)19-7-4-12(5-8-19)21-9-3-6-16;/h10-12H,3-9,16H2,1-2H3,(H,17,18);1H. The molecule has 2 heterocycles. The summed E-state index contributed by atoms with van der Waals surface area (Å²) >= 11 is 0. The molecule has 1 amide bonds. The Morgan fingerprint density at radius 2 is 2.18 bits per heavy atom. The average Bonchev–Trinajstić information content (AvgIpc) is 2.97. The normalized spacial score (nSPS) is 15.9. The number of nitrogens with one attached hydrogen (secondary N) is 1. The number of rotatable bonds is 6. The summed E-state index contributed by atoms with van der Waals surface area (Å²) in [6.07, 6.45) is 2.92. The molecule has 0 bridgehead atoms. The molecule has 1 saturated heterocycles. The Hall–Kier alpha value is -1.11. The maximum Gasteiger partial charge on any atom is 0.274 e. The summed E-state index contributed by atoms with van der Waals surface area (Å²) in [6.45, 7) is 6.99. The van der Waals surface area contributed by atoms with E-state index in [2.05, 4.69) is 24.0 Å². The van der Waals surface area contributed by atoms with Crippen molar-refractivity contribution in [3.63, 3.8) is 0 Å². The highest BCUT2D eigenvalue weighted by molar-refractivity contribution is 5.92. The van der Waals surface area contributed by atoms with Gasteiger partial charge in [0, 0.05) is 25.4 Å². The van der Waals surface area contributed by atoms with E-state index in [1.54, 1.807) is 0 Å². The van der Waals surface area contributed by atoms with Crippen molar-refractivity contribution in [3.8, 4) is 0 Å². The molecule has 0 spiro atoms. The Morgan fingerprint density at radius 3 is 2.73 bits per heavy atom. The molecular formula is C15H27ClN4O2. The van der Waals surface area contributed by atoms with E-state index in [0.29, 0.717) is 24.8 Å². The van der Waals surface area contributed by atoms with Gasteiger partial charge in [-0.15, -0.1) is 12.4 Å². The lowest BCUT2D eigenvalue weighted by molar-refractivity contribution is 0.00829. The van der Waals surface area contributed by atoms with Crippen molar-refractivity contribution in [1.29, 1.82) is 0 Å². The topological polar surface area (TPSA) is 84.2 Å². The van der Waals surface area contributed by atoms with E-state index < -0.39 is 0 Å². The quantitative estimate of drug-likeness (QED) is 0.780. The molecule has 0 aliphatic carbocycles. The van der Waals surface area contributed by atoms with Crippen LogP contribution in [0.5, 0.6) is 0 Å². The summed E-state index contributed by atoms with van der Waals surface area (Å²) in [6, 6.07) is 1.86. The number of piperidine rings is 1. The summed E-state index contributed by atoms with van der Waals surface area (Å²) in [5.41, 5.74) is 6.96. The lowest BCUT2D eigenvalue weighted by Crippen LogP contribution is -2.41. The van der Waals surface area contributed by atoms with Crippen molar-refractivity contribution in [2.75, 3.05) is 26.2 Å². The van der Waals surface area contributed by atoms with Crippen LogP contribution in [0.25, 0.3) is 0 Å². The SMILES string of the molecule is CC(C)c1cc(C(=O)N2CCC(OCCCN)CC2)n[nH]1.Cl. The van der Waals surface area contributed by atoms with E-state index in [0.717, 1.165) is 38.0 Å². The molecule has 126 valence electrons. The molecule has 1 aliphatic heterocycles. The first-order chi connectivity index (χ1) is 10.1. The van der Waals surface area contributed by atoms with Gasteiger partial charge >= 0.3 is 0 Å². The zero-order valence-electron chi connectivity index (χ0n) is 13.4. The van der Waals surface area contributed by atoms with Gasteiger partial charge in [-0.3, -0.25) is 9.89 Å². The Kier molecular flexibility index (Phi) is 7.85. The lowest BCUT2D eigenvalue weighted by Gasteiger charge is -2.31. The molecule has 6 nitrogen and oxygen atoms in total. The van der Waals surface area contributed by atoms with Crippen molar-refractivity contribution < 1.29 is 9.53 Å². The molecule has 0 unspecified atom stereocenters. The molecule has 0 aromatic carbocycles. The number of nitrogens with zero attached hydrogens (tertiary/aromatic N) is 2. The molecule has 7 heteroatoms. The van der Waals surface area contributed by atoms with Gasteiger partial charge in [-0.2, -0.15) is 5.10 Å². The third-order valence-electron chi connectivity index (χ3n) is 3.87. The van der Waals surface area contributed by atoms with E-state index in [1.807, 2.05) is 11.0 Å². The molecular weight excluding hydrogens is 304 g/mol. The molecule has 0 saturated carbocycles. The van der Waals surface area contributed by atoms with E-state index in [-0.39, 0.29) is 24.4 Å².